The molecule has 0 spiro atoms. The Morgan fingerprint density at radius 1 is 1.31 bits per heavy atom. The molecule has 2 N–H and O–H groups in total. The van der Waals surface area contributed by atoms with Gasteiger partial charge in [0.2, 0.25) is 5.91 Å². The summed E-state index contributed by atoms with van der Waals surface area (Å²) in [5, 5.41) is 6.93. The Morgan fingerprint density at radius 3 is 2.72 bits per heavy atom. The first-order valence-corrected chi connectivity index (χ1v) is 9.67. The van der Waals surface area contributed by atoms with Crippen molar-refractivity contribution in [2.45, 2.75) is 51.2 Å². The van der Waals surface area contributed by atoms with Crippen molar-refractivity contribution >= 4 is 29.2 Å². The highest BCUT2D eigenvalue weighted by atomic mass is 35.5. The SMILES string of the molecule is COc1cc2ncn(CCCC(=O)NC3CCCNC3C)c(=O)c2cc1OC.Cl. The Morgan fingerprint density at radius 2 is 2.03 bits per heavy atom. The van der Waals surface area contributed by atoms with Gasteiger partial charge in [0, 0.05) is 31.1 Å². The molecule has 2 atom stereocenters. The van der Waals surface area contributed by atoms with E-state index in [0.29, 0.717) is 41.8 Å². The minimum atomic E-state index is -0.156. The number of fused-ring (bicyclic) bond motifs is 1. The van der Waals surface area contributed by atoms with E-state index in [1.807, 2.05) is 0 Å². The second-order valence-corrected chi connectivity index (χ2v) is 7.13. The Kier molecular flexibility index (Phi) is 8.28. The van der Waals surface area contributed by atoms with Crippen molar-refractivity contribution in [2.75, 3.05) is 20.8 Å². The van der Waals surface area contributed by atoms with Crippen LogP contribution in [0.3, 0.4) is 0 Å². The highest BCUT2D eigenvalue weighted by Gasteiger charge is 2.22. The maximum Gasteiger partial charge on any atom is 0.261 e. The Hall–Kier alpha value is -2.32. The topological polar surface area (TPSA) is 94.5 Å². The smallest absolute Gasteiger partial charge is 0.261 e. The predicted molar refractivity (Wildman–Crippen MR) is 114 cm³/mol. The van der Waals surface area contributed by atoms with E-state index in [1.165, 1.54) is 18.0 Å². The summed E-state index contributed by atoms with van der Waals surface area (Å²) in [7, 11) is 3.07. The Labute approximate surface area is 176 Å². The van der Waals surface area contributed by atoms with Crippen LogP contribution in [0, 0.1) is 0 Å². The van der Waals surface area contributed by atoms with Gasteiger partial charge in [0.25, 0.3) is 5.56 Å². The second kappa shape index (κ2) is 10.5. The Balaban J connectivity index is 0.00000300. The minimum absolute atomic E-state index is 0. The lowest BCUT2D eigenvalue weighted by Crippen LogP contribution is -2.51. The van der Waals surface area contributed by atoms with Gasteiger partial charge in [0.15, 0.2) is 11.5 Å². The number of amides is 1. The van der Waals surface area contributed by atoms with Crippen LogP contribution < -0.4 is 25.7 Å². The highest BCUT2D eigenvalue weighted by molar-refractivity contribution is 5.85. The molecule has 1 saturated heterocycles. The van der Waals surface area contributed by atoms with Gasteiger partial charge in [-0.3, -0.25) is 14.2 Å². The molecular formula is C20H29ClN4O4. The number of nitrogens with one attached hydrogen (secondary N) is 2. The summed E-state index contributed by atoms with van der Waals surface area (Å²) in [5.74, 6) is 1.04. The lowest BCUT2D eigenvalue weighted by molar-refractivity contribution is -0.122. The molecule has 1 fully saturated rings. The zero-order valence-corrected chi connectivity index (χ0v) is 17.9. The molecule has 160 valence electrons. The van der Waals surface area contributed by atoms with Crippen LogP contribution in [0.15, 0.2) is 23.3 Å². The first-order chi connectivity index (χ1) is 13.5. The number of aromatic nitrogens is 2. The first kappa shape index (κ1) is 23.0. The van der Waals surface area contributed by atoms with Crippen molar-refractivity contribution in [1.29, 1.82) is 0 Å². The number of hydrogen-bond acceptors (Lipinski definition) is 6. The van der Waals surface area contributed by atoms with Gasteiger partial charge in [-0.1, -0.05) is 0 Å². The van der Waals surface area contributed by atoms with Crippen molar-refractivity contribution in [2.24, 2.45) is 0 Å². The average molecular weight is 425 g/mol. The largest absolute Gasteiger partial charge is 0.493 e. The van der Waals surface area contributed by atoms with Crippen LogP contribution in [0.2, 0.25) is 0 Å². The van der Waals surface area contributed by atoms with E-state index in [-0.39, 0.29) is 36.0 Å². The summed E-state index contributed by atoms with van der Waals surface area (Å²) in [4.78, 5) is 29.3. The van der Waals surface area contributed by atoms with Gasteiger partial charge in [-0.05, 0) is 38.8 Å². The minimum Gasteiger partial charge on any atom is -0.493 e. The van der Waals surface area contributed by atoms with E-state index in [9.17, 15) is 9.59 Å². The summed E-state index contributed by atoms with van der Waals surface area (Å²) in [5.41, 5.74) is 0.395. The van der Waals surface area contributed by atoms with Gasteiger partial charge < -0.3 is 20.1 Å². The lowest BCUT2D eigenvalue weighted by Gasteiger charge is -2.30. The number of carbonyl (C=O) groups excluding carboxylic acids is 1. The second-order valence-electron chi connectivity index (χ2n) is 7.13. The van der Waals surface area contributed by atoms with Gasteiger partial charge in [-0.25, -0.2) is 4.98 Å². The highest BCUT2D eigenvalue weighted by Crippen LogP contribution is 2.29. The van der Waals surface area contributed by atoms with E-state index < -0.39 is 0 Å². The number of benzene rings is 1. The van der Waals surface area contributed by atoms with Crippen LogP contribution in [0.4, 0.5) is 0 Å². The number of nitrogens with zero attached hydrogens (tertiary/aromatic N) is 2. The van der Waals surface area contributed by atoms with E-state index in [0.717, 1.165) is 19.4 Å². The molecule has 29 heavy (non-hydrogen) atoms. The van der Waals surface area contributed by atoms with E-state index in [4.69, 9.17) is 9.47 Å². The van der Waals surface area contributed by atoms with Gasteiger partial charge in [0.1, 0.15) is 0 Å². The number of rotatable bonds is 7. The van der Waals surface area contributed by atoms with Crippen molar-refractivity contribution in [3.8, 4) is 11.5 Å². The first-order valence-electron chi connectivity index (χ1n) is 9.67. The molecule has 1 aromatic heterocycles. The fourth-order valence-electron chi connectivity index (χ4n) is 3.57. The molecule has 0 aliphatic carbocycles. The van der Waals surface area contributed by atoms with Crippen LogP contribution in [-0.2, 0) is 11.3 Å². The van der Waals surface area contributed by atoms with Crippen LogP contribution >= 0.6 is 12.4 Å². The molecule has 2 aromatic rings. The summed E-state index contributed by atoms with van der Waals surface area (Å²) < 4.78 is 12.1. The summed E-state index contributed by atoms with van der Waals surface area (Å²) in [6, 6.07) is 3.79. The van der Waals surface area contributed by atoms with Gasteiger partial charge >= 0.3 is 0 Å². The molecular weight excluding hydrogens is 396 g/mol. The lowest BCUT2D eigenvalue weighted by atomic mass is 10.00. The number of methoxy groups -OCH3 is 2. The zero-order chi connectivity index (χ0) is 20.1. The van der Waals surface area contributed by atoms with Crippen LogP contribution in [0.5, 0.6) is 11.5 Å². The predicted octanol–water partition coefficient (Wildman–Crippen LogP) is 1.87. The molecule has 0 radical (unpaired) electrons. The number of aryl methyl sites for hydroxylation is 1. The molecule has 9 heteroatoms. The van der Waals surface area contributed by atoms with Gasteiger partial charge in [-0.15, -0.1) is 12.4 Å². The fraction of sp³-hybridized carbons (Fsp3) is 0.550. The molecule has 2 heterocycles. The third-order valence-electron chi connectivity index (χ3n) is 5.24. The maximum atomic E-state index is 12.7. The molecule has 8 nitrogen and oxygen atoms in total. The van der Waals surface area contributed by atoms with Crippen molar-refractivity contribution < 1.29 is 14.3 Å². The van der Waals surface area contributed by atoms with Crippen LogP contribution in [0.1, 0.15) is 32.6 Å². The average Bonchev–Trinajstić information content (AvgIpc) is 2.70. The van der Waals surface area contributed by atoms with E-state index in [1.54, 1.807) is 19.2 Å². The zero-order valence-electron chi connectivity index (χ0n) is 17.1. The maximum absolute atomic E-state index is 12.7. The van der Waals surface area contributed by atoms with E-state index in [2.05, 4.69) is 22.5 Å². The fourth-order valence-corrected chi connectivity index (χ4v) is 3.57. The normalized spacial score (nSPS) is 18.7. The molecule has 2 unspecified atom stereocenters. The molecule has 0 bridgehead atoms. The van der Waals surface area contributed by atoms with Gasteiger partial charge in [0.05, 0.1) is 31.4 Å². The molecule has 1 aliphatic rings. The third kappa shape index (κ3) is 5.39. The molecule has 1 amide bonds. The van der Waals surface area contributed by atoms with Crippen LogP contribution in [0.25, 0.3) is 10.9 Å². The number of halogens is 1. The quantitative estimate of drug-likeness (QED) is 0.704. The van der Waals surface area contributed by atoms with Crippen molar-refractivity contribution in [3.63, 3.8) is 0 Å². The summed E-state index contributed by atoms with van der Waals surface area (Å²) >= 11 is 0. The van der Waals surface area contributed by atoms with Crippen molar-refractivity contribution in [3.05, 3.63) is 28.8 Å². The molecule has 1 aromatic carbocycles. The monoisotopic (exact) mass is 424 g/mol. The van der Waals surface area contributed by atoms with E-state index >= 15 is 0 Å². The summed E-state index contributed by atoms with van der Waals surface area (Å²) in [6.07, 6.45) is 4.53. The van der Waals surface area contributed by atoms with Gasteiger partial charge in [-0.2, -0.15) is 0 Å². The molecule has 3 rings (SSSR count). The molecule has 1 aliphatic heterocycles. The number of carbonyl (C=O) groups is 1. The van der Waals surface area contributed by atoms with Crippen molar-refractivity contribution in [1.82, 2.24) is 20.2 Å². The number of hydrogen-bond donors (Lipinski definition) is 2. The molecule has 0 saturated carbocycles. The van der Waals surface area contributed by atoms with Crippen LogP contribution in [-0.4, -0.2) is 48.3 Å². The number of ether oxygens (including phenoxy) is 2. The summed E-state index contributed by atoms with van der Waals surface area (Å²) in [6.45, 7) is 3.53. The Bertz CT molecular complexity index is 902. The standard InChI is InChI=1S/C20H28N4O4.ClH/c1-13-15(6-4-8-21-13)23-19(25)7-5-9-24-12-22-16-11-18(28-3)17(27-2)10-14(16)20(24)26;/h10-13,15,21H,4-9H2,1-3H3,(H,23,25);1H. The number of piperidine rings is 1. The third-order valence-corrected chi connectivity index (χ3v) is 5.24.